The lowest BCUT2D eigenvalue weighted by Crippen LogP contribution is -2.56. The summed E-state index contributed by atoms with van der Waals surface area (Å²) in [7, 11) is 2.32. The first-order chi connectivity index (χ1) is 9.76. The minimum atomic E-state index is 0.639. The van der Waals surface area contributed by atoms with Gasteiger partial charge >= 0.3 is 0 Å². The standard InChI is InChI=1S/C17H35N3/c1-3-4-5-6-9-16(13-18)20-12-10-17-15(14-20)8-7-11-19(17)2/h15-17H,3-14,18H2,1-2H3. The first kappa shape index (κ1) is 16.3. The van der Waals surface area contributed by atoms with Crippen LogP contribution in [0.15, 0.2) is 0 Å². The molecule has 20 heavy (non-hydrogen) atoms. The van der Waals surface area contributed by atoms with E-state index >= 15 is 0 Å². The molecule has 3 nitrogen and oxygen atoms in total. The molecule has 2 fully saturated rings. The van der Waals surface area contributed by atoms with Gasteiger partial charge in [-0.2, -0.15) is 0 Å². The van der Waals surface area contributed by atoms with Crippen LogP contribution in [0.25, 0.3) is 0 Å². The molecule has 0 aromatic rings. The zero-order valence-corrected chi connectivity index (χ0v) is 13.7. The molecular formula is C17H35N3. The van der Waals surface area contributed by atoms with Gasteiger partial charge in [0, 0.05) is 25.2 Å². The maximum Gasteiger partial charge on any atom is 0.0218 e. The summed E-state index contributed by atoms with van der Waals surface area (Å²) in [5, 5.41) is 0. The Balaban J connectivity index is 1.79. The van der Waals surface area contributed by atoms with Crippen LogP contribution < -0.4 is 5.73 Å². The van der Waals surface area contributed by atoms with Crippen molar-refractivity contribution in [1.82, 2.24) is 9.80 Å². The number of fused-ring (bicyclic) bond motifs is 1. The molecule has 0 radical (unpaired) electrons. The Morgan fingerprint density at radius 2 is 2.00 bits per heavy atom. The van der Waals surface area contributed by atoms with E-state index in [1.165, 1.54) is 71.0 Å². The van der Waals surface area contributed by atoms with E-state index in [4.69, 9.17) is 5.73 Å². The van der Waals surface area contributed by atoms with E-state index in [1.807, 2.05) is 0 Å². The van der Waals surface area contributed by atoms with Gasteiger partial charge in [-0.15, -0.1) is 0 Å². The van der Waals surface area contributed by atoms with Crippen LogP contribution in [0, 0.1) is 5.92 Å². The van der Waals surface area contributed by atoms with E-state index in [0.29, 0.717) is 6.04 Å². The molecule has 0 amide bonds. The summed E-state index contributed by atoms with van der Waals surface area (Å²) in [6, 6.07) is 1.48. The fourth-order valence-electron chi connectivity index (χ4n) is 4.27. The number of piperidine rings is 2. The number of unbranched alkanes of at least 4 members (excludes halogenated alkanes) is 3. The lowest BCUT2D eigenvalue weighted by molar-refractivity contribution is 0.0195. The zero-order valence-electron chi connectivity index (χ0n) is 13.7. The Hall–Kier alpha value is -0.120. The molecule has 0 saturated carbocycles. The normalized spacial score (nSPS) is 30.1. The van der Waals surface area contributed by atoms with E-state index in [1.54, 1.807) is 0 Å². The second kappa shape index (κ2) is 8.35. The summed E-state index contributed by atoms with van der Waals surface area (Å²) in [6.45, 7) is 6.99. The Bertz CT molecular complexity index is 269. The molecule has 0 aromatic heterocycles. The average molecular weight is 281 g/mol. The van der Waals surface area contributed by atoms with Gasteiger partial charge in [-0.1, -0.05) is 32.6 Å². The molecule has 2 aliphatic heterocycles. The van der Waals surface area contributed by atoms with Crippen LogP contribution in [-0.4, -0.2) is 55.1 Å². The first-order valence-electron chi connectivity index (χ1n) is 8.90. The number of rotatable bonds is 7. The summed E-state index contributed by atoms with van der Waals surface area (Å²) in [4.78, 5) is 5.32. The fraction of sp³-hybridized carbons (Fsp3) is 1.00. The van der Waals surface area contributed by atoms with E-state index in [9.17, 15) is 0 Å². The van der Waals surface area contributed by atoms with Crippen molar-refractivity contribution in [3.8, 4) is 0 Å². The van der Waals surface area contributed by atoms with Gasteiger partial charge in [0.25, 0.3) is 0 Å². The van der Waals surface area contributed by atoms with Gasteiger partial charge < -0.3 is 10.6 Å². The Morgan fingerprint density at radius 3 is 2.75 bits per heavy atom. The number of likely N-dealkylation sites (tertiary alicyclic amines) is 2. The average Bonchev–Trinajstić information content (AvgIpc) is 2.47. The van der Waals surface area contributed by atoms with Crippen LogP contribution in [0.3, 0.4) is 0 Å². The van der Waals surface area contributed by atoms with Crippen molar-refractivity contribution in [3.05, 3.63) is 0 Å². The molecule has 3 atom stereocenters. The van der Waals surface area contributed by atoms with Crippen molar-refractivity contribution in [2.75, 3.05) is 33.2 Å². The second-order valence-corrected chi connectivity index (χ2v) is 6.97. The summed E-state index contributed by atoms with van der Waals surface area (Å²) in [6.07, 6.45) is 10.9. The van der Waals surface area contributed by atoms with Crippen LogP contribution in [0.4, 0.5) is 0 Å². The molecule has 2 N–H and O–H groups in total. The molecule has 2 rings (SSSR count). The topological polar surface area (TPSA) is 32.5 Å². The molecule has 2 saturated heterocycles. The predicted octanol–water partition coefficient (Wildman–Crippen LogP) is 2.70. The van der Waals surface area contributed by atoms with Crippen molar-refractivity contribution >= 4 is 0 Å². The summed E-state index contributed by atoms with van der Waals surface area (Å²) < 4.78 is 0. The van der Waals surface area contributed by atoms with Gasteiger partial charge in [-0.05, 0) is 51.7 Å². The van der Waals surface area contributed by atoms with Gasteiger partial charge in [0.2, 0.25) is 0 Å². The molecular weight excluding hydrogens is 246 g/mol. The van der Waals surface area contributed by atoms with E-state index in [0.717, 1.165) is 18.5 Å². The maximum absolute atomic E-state index is 6.06. The minimum absolute atomic E-state index is 0.639. The second-order valence-electron chi connectivity index (χ2n) is 6.97. The van der Waals surface area contributed by atoms with Crippen molar-refractivity contribution in [3.63, 3.8) is 0 Å². The lowest BCUT2D eigenvalue weighted by Gasteiger charge is -2.48. The molecule has 0 aromatic carbocycles. The minimum Gasteiger partial charge on any atom is -0.329 e. The van der Waals surface area contributed by atoms with Gasteiger partial charge in [0.1, 0.15) is 0 Å². The monoisotopic (exact) mass is 281 g/mol. The highest BCUT2D eigenvalue weighted by molar-refractivity contribution is 4.91. The summed E-state index contributed by atoms with van der Waals surface area (Å²) >= 11 is 0. The van der Waals surface area contributed by atoms with Crippen molar-refractivity contribution < 1.29 is 0 Å². The Kier molecular flexibility index (Phi) is 6.79. The third kappa shape index (κ3) is 4.19. The van der Waals surface area contributed by atoms with Crippen molar-refractivity contribution in [2.24, 2.45) is 11.7 Å². The Morgan fingerprint density at radius 1 is 1.15 bits per heavy atom. The number of hydrogen-bond acceptors (Lipinski definition) is 3. The molecule has 0 spiro atoms. The van der Waals surface area contributed by atoms with Crippen LogP contribution in [0.2, 0.25) is 0 Å². The van der Waals surface area contributed by atoms with Crippen LogP contribution in [0.1, 0.15) is 58.3 Å². The molecule has 3 unspecified atom stereocenters. The highest BCUT2D eigenvalue weighted by Crippen LogP contribution is 2.30. The van der Waals surface area contributed by atoms with E-state index in [-0.39, 0.29) is 0 Å². The largest absolute Gasteiger partial charge is 0.329 e. The van der Waals surface area contributed by atoms with Gasteiger partial charge in [-0.25, -0.2) is 0 Å². The van der Waals surface area contributed by atoms with Crippen molar-refractivity contribution in [2.45, 2.75) is 70.4 Å². The predicted molar refractivity (Wildman–Crippen MR) is 86.9 cm³/mol. The van der Waals surface area contributed by atoms with Crippen LogP contribution in [-0.2, 0) is 0 Å². The highest BCUT2D eigenvalue weighted by atomic mass is 15.2. The third-order valence-electron chi connectivity index (χ3n) is 5.56. The number of nitrogens with zero attached hydrogens (tertiary/aromatic N) is 2. The van der Waals surface area contributed by atoms with Gasteiger partial charge in [0.15, 0.2) is 0 Å². The molecule has 0 bridgehead atoms. The highest BCUT2D eigenvalue weighted by Gasteiger charge is 2.35. The molecule has 2 heterocycles. The van der Waals surface area contributed by atoms with Crippen LogP contribution in [0.5, 0.6) is 0 Å². The first-order valence-corrected chi connectivity index (χ1v) is 8.90. The maximum atomic E-state index is 6.06. The molecule has 3 heteroatoms. The van der Waals surface area contributed by atoms with Gasteiger partial charge in [-0.3, -0.25) is 4.90 Å². The van der Waals surface area contributed by atoms with Crippen LogP contribution >= 0.6 is 0 Å². The fourth-order valence-corrected chi connectivity index (χ4v) is 4.27. The smallest absolute Gasteiger partial charge is 0.0218 e. The zero-order chi connectivity index (χ0) is 14.4. The third-order valence-corrected chi connectivity index (χ3v) is 5.56. The summed E-state index contributed by atoms with van der Waals surface area (Å²) in [5.74, 6) is 0.896. The summed E-state index contributed by atoms with van der Waals surface area (Å²) in [5.41, 5.74) is 6.06. The molecule has 0 aliphatic carbocycles. The number of nitrogens with two attached hydrogens (primary N) is 1. The van der Waals surface area contributed by atoms with Gasteiger partial charge in [0.05, 0.1) is 0 Å². The lowest BCUT2D eigenvalue weighted by atomic mass is 9.83. The molecule has 2 aliphatic rings. The quantitative estimate of drug-likeness (QED) is 0.728. The SMILES string of the molecule is CCCCCCC(CN)N1CCC2C(CCCN2C)C1. The van der Waals surface area contributed by atoms with E-state index < -0.39 is 0 Å². The van der Waals surface area contributed by atoms with Crippen molar-refractivity contribution in [1.29, 1.82) is 0 Å². The molecule has 118 valence electrons. The Labute approximate surface area is 125 Å². The number of hydrogen-bond donors (Lipinski definition) is 1. The van der Waals surface area contributed by atoms with E-state index in [2.05, 4.69) is 23.8 Å².